The Morgan fingerprint density at radius 2 is 1.73 bits per heavy atom. The molecular formula is C25H31N3O7S2. The van der Waals surface area contributed by atoms with Crippen molar-refractivity contribution in [1.29, 1.82) is 0 Å². The fourth-order valence-electron chi connectivity index (χ4n) is 3.94. The van der Waals surface area contributed by atoms with Crippen LogP contribution in [0.5, 0.6) is 5.75 Å². The van der Waals surface area contributed by atoms with Gasteiger partial charge in [0.2, 0.25) is 15.9 Å². The van der Waals surface area contributed by atoms with Gasteiger partial charge in [-0.3, -0.25) is 4.79 Å². The van der Waals surface area contributed by atoms with Gasteiger partial charge in [-0.15, -0.1) is 11.8 Å². The van der Waals surface area contributed by atoms with Gasteiger partial charge in [-0.1, -0.05) is 42.5 Å². The third-order valence-corrected chi connectivity index (χ3v) is 9.26. The van der Waals surface area contributed by atoms with Crippen LogP contribution in [0.1, 0.15) is 25.0 Å². The van der Waals surface area contributed by atoms with E-state index < -0.39 is 44.9 Å². The Morgan fingerprint density at radius 3 is 2.30 bits per heavy atom. The molecule has 2 amide bonds. The van der Waals surface area contributed by atoms with Crippen LogP contribution in [0.15, 0.2) is 54.6 Å². The fourth-order valence-corrected chi connectivity index (χ4v) is 7.64. The number of carboxylic acids is 1. The maximum absolute atomic E-state index is 13.4. The second-order valence-electron chi connectivity index (χ2n) is 9.32. The first-order valence-electron chi connectivity index (χ1n) is 11.5. The molecular weight excluding hydrogens is 518 g/mol. The van der Waals surface area contributed by atoms with Crippen LogP contribution < -0.4 is 10.1 Å². The summed E-state index contributed by atoms with van der Waals surface area (Å²) in [5.41, 5.74) is 1.18. The number of hydrogen-bond acceptors (Lipinski definition) is 7. The Bertz CT molecular complexity index is 1230. The van der Waals surface area contributed by atoms with Gasteiger partial charge in [0.25, 0.3) is 0 Å². The minimum atomic E-state index is -3.89. The maximum atomic E-state index is 13.4. The van der Waals surface area contributed by atoms with Crippen LogP contribution in [0.25, 0.3) is 0 Å². The highest BCUT2D eigenvalue weighted by atomic mass is 32.2. The standard InChI is InChI=1S/C25H31N3O7S2/c1-25(2)28(37(33,34)16-18-8-6-5-7-9-18)21(15-36-25)22(29)26-20(23(30)31)14-17-10-12-19(13-11-17)35-24(32)27(3)4/h5-13,20-21H,14-16H2,1-4H3,(H,26,29)(H,30,31)/t20-,21-/m0/s1. The third kappa shape index (κ3) is 7.24. The lowest BCUT2D eigenvalue weighted by atomic mass is 10.1. The number of sulfonamides is 1. The quantitative estimate of drug-likeness (QED) is 0.488. The number of nitrogens with one attached hydrogen (secondary N) is 1. The summed E-state index contributed by atoms with van der Waals surface area (Å²) in [6, 6.07) is 12.6. The summed E-state index contributed by atoms with van der Waals surface area (Å²) in [5.74, 6) is -1.69. The molecule has 12 heteroatoms. The van der Waals surface area contributed by atoms with E-state index in [0.29, 0.717) is 16.9 Å². The molecule has 1 aliphatic rings. The second kappa shape index (κ2) is 11.5. The first-order valence-corrected chi connectivity index (χ1v) is 14.1. The highest BCUT2D eigenvalue weighted by molar-refractivity contribution is 8.02. The van der Waals surface area contributed by atoms with Crippen LogP contribution >= 0.6 is 11.8 Å². The lowest BCUT2D eigenvalue weighted by Crippen LogP contribution is -2.55. The van der Waals surface area contributed by atoms with Crippen molar-refractivity contribution in [2.45, 2.75) is 43.0 Å². The number of benzene rings is 2. The fraction of sp³-hybridized carbons (Fsp3) is 0.400. The number of aliphatic carboxylic acids is 1. The summed E-state index contributed by atoms with van der Waals surface area (Å²) in [5, 5.41) is 12.3. The van der Waals surface area contributed by atoms with E-state index in [9.17, 15) is 27.9 Å². The highest BCUT2D eigenvalue weighted by Gasteiger charge is 2.50. The van der Waals surface area contributed by atoms with Gasteiger partial charge in [0, 0.05) is 26.3 Å². The van der Waals surface area contributed by atoms with Crippen LogP contribution in [0.2, 0.25) is 0 Å². The van der Waals surface area contributed by atoms with E-state index in [1.165, 1.54) is 33.1 Å². The molecule has 0 aliphatic carbocycles. The average molecular weight is 550 g/mol. The Hall–Kier alpha value is -3.09. The summed E-state index contributed by atoms with van der Waals surface area (Å²) in [4.78, 5) is 37.3. The van der Waals surface area contributed by atoms with Crippen LogP contribution in [-0.4, -0.2) is 77.5 Å². The topological polar surface area (TPSA) is 133 Å². The monoisotopic (exact) mass is 549 g/mol. The number of rotatable bonds is 9. The normalized spacial score (nSPS) is 18.1. The van der Waals surface area contributed by atoms with Crippen LogP contribution in [0.4, 0.5) is 4.79 Å². The van der Waals surface area contributed by atoms with Gasteiger partial charge in [-0.25, -0.2) is 18.0 Å². The van der Waals surface area contributed by atoms with Crippen LogP contribution in [-0.2, 0) is 31.8 Å². The van der Waals surface area contributed by atoms with Gasteiger partial charge in [-0.2, -0.15) is 4.31 Å². The molecule has 0 saturated carbocycles. The van der Waals surface area contributed by atoms with Gasteiger partial charge < -0.3 is 20.1 Å². The first kappa shape index (κ1) is 28.5. The second-order valence-corrected chi connectivity index (χ2v) is 12.8. The minimum Gasteiger partial charge on any atom is -0.480 e. The van der Waals surface area contributed by atoms with E-state index in [1.807, 2.05) is 0 Å². The molecule has 0 unspecified atom stereocenters. The van der Waals surface area contributed by atoms with E-state index in [2.05, 4.69) is 5.32 Å². The summed E-state index contributed by atoms with van der Waals surface area (Å²) in [7, 11) is -0.790. The molecule has 2 aromatic carbocycles. The lowest BCUT2D eigenvalue weighted by Gasteiger charge is -2.33. The van der Waals surface area contributed by atoms with E-state index in [-0.39, 0.29) is 17.9 Å². The van der Waals surface area contributed by atoms with E-state index >= 15 is 0 Å². The molecule has 2 aromatic rings. The predicted molar refractivity (Wildman–Crippen MR) is 141 cm³/mol. The molecule has 37 heavy (non-hydrogen) atoms. The van der Waals surface area contributed by atoms with Gasteiger partial charge in [-0.05, 0) is 37.1 Å². The van der Waals surface area contributed by atoms with Gasteiger partial charge in [0.1, 0.15) is 17.8 Å². The molecule has 2 N–H and O–H groups in total. The number of amides is 2. The maximum Gasteiger partial charge on any atom is 0.414 e. The van der Waals surface area contributed by atoms with Crippen molar-refractivity contribution in [2.24, 2.45) is 0 Å². The number of carbonyl (C=O) groups excluding carboxylic acids is 2. The minimum absolute atomic E-state index is 0.0387. The number of hydrogen-bond donors (Lipinski definition) is 2. The van der Waals surface area contributed by atoms with Crippen LogP contribution in [0, 0.1) is 0 Å². The molecule has 1 aliphatic heterocycles. The van der Waals surface area contributed by atoms with Gasteiger partial charge in [0.15, 0.2) is 0 Å². The molecule has 0 aromatic heterocycles. The number of ether oxygens (including phenoxy) is 1. The average Bonchev–Trinajstić information content (AvgIpc) is 3.16. The molecule has 1 heterocycles. The van der Waals surface area contributed by atoms with Crippen molar-refractivity contribution >= 4 is 39.8 Å². The molecule has 0 radical (unpaired) electrons. The Balaban J connectivity index is 1.73. The van der Waals surface area contributed by atoms with Gasteiger partial charge in [0.05, 0.1) is 10.6 Å². The van der Waals surface area contributed by atoms with Crippen molar-refractivity contribution in [3.63, 3.8) is 0 Å². The zero-order valence-electron chi connectivity index (χ0n) is 21.1. The molecule has 1 saturated heterocycles. The Labute approximate surface area is 221 Å². The number of thioether (sulfide) groups is 1. The number of carbonyl (C=O) groups is 3. The van der Waals surface area contributed by atoms with E-state index in [4.69, 9.17) is 4.74 Å². The Morgan fingerprint density at radius 1 is 1.11 bits per heavy atom. The van der Waals surface area contributed by atoms with Crippen molar-refractivity contribution in [2.75, 3.05) is 19.8 Å². The van der Waals surface area contributed by atoms with Crippen molar-refractivity contribution < 1.29 is 32.6 Å². The smallest absolute Gasteiger partial charge is 0.414 e. The number of nitrogens with zero attached hydrogens (tertiary/aromatic N) is 2. The van der Waals surface area contributed by atoms with E-state index in [0.717, 1.165) is 0 Å². The van der Waals surface area contributed by atoms with Crippen molar-refractivity contribution in [3.8, 4) is 5.75 Å². The highest BCUT2D eigenvalue weighted by Crippen LogP contribution is 2.41. The SMILES string of the molecule is CN(C)C(=O)Oc1ccc(C[C@H](NC(=O)[C@@H]2CSC(C)(C)N2S(=O)(=O)Cc2ccccc2)C(=O)O)cc1. The number of carboxylic acid groups (broad SMARTS) is 1. The van der Waals surface area contributed by atoms with Crippen LogP contribution in [0.3, 0.4) is 0 Å². The summed E-state index contributed by atoms with van der Waals surface area (Å²) in [6.45, 7) is 3.46. The first-order chi connectivity index (χ1) is 17.3. The largest absolute Gasteiger partial charge is 0.480 e. The molecule has 0 bridgehead atoms. The lowest BCUT2D eigenvalue weighted by molar-refractivity contribution is -0.142. The summed E-state index contributed by atoms with van der Waals surface area (Å²) >= 11 is 1.32. The molecule has 200 valence electrons. The molecule has 0 spiro atoms. The zero-order chi connectivity index (χ0) is 27.4. The van der Waals surface area contributed by atoms with Crippen molar-refractivity contribution in [3.05, 3.63) is 65.7 Å². The molecule has 2 atom stereocenters. The van der Waals surface area contributed by atoms with Gasteiger partial charge >= 0.3 is 12.1 Å². The summed E-state index contributed by atoms with van der Waals surface area (Å²) < 4.78 is 33.1. The molecule has 3 rings (SSSR count). The Kier molecular flexibility index (Phi) is 8.88. The third-order valence-electron chi connectivity index (χ3n) is 5.75. The molecule has 10 nitrogen and oxygen atoms in total. The van der Waals surface area contributed by atoms with Crippen molar-refractivity contribution in [1.82, 2.24) is 14.5 Å². The molecule has 1 fully saturated rings. The predicted octanol–water partition coefficient (Wildman–Crippen LogP) is 2.54. The van der Waals surface area contributed by atoms with E-state index in [1.54, 1.807) is 70.4 Å². The summed E-state index contributed by atoms with van der Waals surface area (Å²) in [6.07, 6.45) is -0.587. The zero-order valence-corrected chi connectivity index (χ0v) is 22.7.